The van der Waals surface area contributed by atoms with E-state index in [-0.39, 0.29) is 0 Å². The summed E-state index contributed by atoms with van der Waals surface area (Å²) in [7, 11) is 0. The van der Waals surface area contributed by atoms with Crippen molar-refractivity contribution in [3.8, 4) is 27.1 Å². The maximum absolute atomic E-state index is 9.58. The van der Waals surface area contributed by atoms with Gasteiger partial charge in [0.2, 0.25) is 0 Å². The predicted molar refractivity (Wildman–Crippen MR) is 113 cm³/mol. The first kappa shape index (κ1) is 17.9. The van der Waals surface area contributed by atoms with Crippen LogP contribution in [0.3, 0.4) is 0 Å². The number of nitriles is 1. The molecule has 136 valence electrons. The van der Waals surface area contributed by atoms with Crippen LogP contribution in [0.15, 0.2) is 42.6 Å². The molecule has 3 heteroatoms. The second-order valence-corrected chi connectivity index (χ2v) is 8.77. The maximum Gasteiger partial charge on any atom is 0.123 e. The summed E-state index contributed by atoms with van der Waals surface area (Å²) in [4.78, 5) is 5.90. The van der Waals surface area contributed by atoms with Crippen molar-refractivity contribution in [3.63, 3.8) is 0 Å². The van der Waals surface area contributed by atoms with Gasteiger partial charge in [-0.15, -0.1) is 11.3 Å². The molecule has 0 spiro atoms. The van der Waals surface area contributed by atoms with Gasteiger partial charge in [0.05, 0.1) is 16.5 Å². The lowest BCUT2D eigenvalue weighted by Crippen LogP contribution is -1.95. The minimum absolute atomic E-state index is 0.644. The molecule has 0 N–H and O–H groups in total. The van der Waals surface area contributed by atoms with E-state index in [9.17, 15) is 5.26 Å². The molecule has 1 heterocycles. The second kappa shape index (κ2) is 7.66. The van der Waals surface area contributed by atoms with Crippen LogP contribution < -0.4 is 0 Å². The molecule has 0 atom stereocenters. The standard InChI is InChI=1S/C24H24N2S/c1-16(2)9-10-17-11-12-19(13-20(17)14-25)24-26-15-23(27-24)22-8-4-6-18-5-3-7-21(18)22/h4,6,8,11-13,15-16H,3,5,7,9-10H2,1-2H3. The molecule has 2 aromatic carbocycles. The first-order chi connectivity index (χ1) is 13.2. The lowest BCUT2D eigenvalue weighted by Gasteiger charge is -2.08. The number of rotatable bonds is 5. The molecule has 0 amide bonds. The van der Waals surface area contributed by atoms with E-state index in [1.165, 1.54) is 40.8 Å². The molecule has 3 aromatic rings. The second-order valence-electron chi connectivity index (χ2n) is 7.74. The predicted octanol–water partition coefficient (Wildman–Crippen LogP) is 6.43. The van der Waals surface area contributed by atoms with Crippen molar-refractivity contribution < 1.29 is 0 Å². The highest BCUT2D eigenvalue weighted by Crippen LogP contribution is 2.38. The number of fused-ring (bicyclic) bond motifs is 1. The van der Waals surface area contributed by atoms with Crippen LogP contribution in [0.2, 0.25) is 0 Å². The average Bonchev–Trinajstić information content (AvgIpc) is 3.35. The first-order valence-corrected chi connectivity index (χ1v) is 10.6. The Bertz CT molecular complexity index is 1010. The van der Waals surface area contributed by atoms with Gasteiger partial charge < -0.3 is 0 Å². The molecule has 0 radical (unpaired) electrons. The summed E-state index contributed by atoms with van der Waals surface area (Å²) in [5.41, 5.74) is 7.29. The van der Waals surface area contributed by atoms with E-state index in [1.807, 2.05) is 12.3 Å². The zero-order chi connectivity index (χ0) is 18.8. The molecule has 0 bridgehead atoms. The molecule has 4 rings (SSSR count). The van der Waals surface area contributed by atoms with Crippen LogP contribution in [0.25, 0.3) is 21.0 Å². The van der Waals surface area contributed by atoms with E-state index in [0.29, 0.717) is 5.92 Å². The number of aryl methyl sites for hydroxylation is 2. The molecule has 1 aromatic heterocycles. The highest BCUT2D eigenvalue weighted by Gasteiger charge is 2.17. The highest BCUT2D eigenvalue weighted by atomic mass is 32.1. The Balaban J connectivity index is 1.64. The van der Waals surface area contributed by atoms with Crippen LogP contribution >= 0.6 is 11.3 Å². The van der Waals surface area contributed by atoms with Crippen molar-refractivity contribution in [1.29, 1.82) is 5.26 Å². The summed E-state index contributed by atoms with van der Waals surface area (Å²) in [6, 6.07) is 15.2. The molecule has 0 saturated heterocycles. The third-order valence-corrected chi connectivity index (χ3v) is 6.47. The van der Waals surface area contributed by atoms with E-state index in [1.54, 1.807) is 11.3 Å². The summed E-state index contributed by atoms with van der Waals surface area (Å²) >= 11 is 1.73. The molecule has 0 aliphatic heterocycles. The van der Waals surface area contributed by atoms with Crippen LogP contribution in [0.1, 0.15) is 48.9 Å². The number of hydrogen-bond donors (Lipinski definition) is 0. The quantitative estimate of drug-likeness (QED) is 0.518. The zero-order valence-corrected chi connectivity index (χ0v) is 16.8. The Hall–Kier alpha value is -2.44. The third kappa shape index (κ3) is 3.68. The Morgan fingerprint density at radius 2 is 2.07 bits per heavy atom. The molecule has 0 unspecified atom stereocenters. The minimum Gasteiger partial charge on any atom is -0.244 e. The van der Waals surface area contributed by atoms with Gasteiger partial charge in [0, 0.05) is 11.8 Å². The normalized spacial score (nSPS) is 13.0. The number of aromatic nitrogens is 1. The highest BCUT2D eigenvalue weighted by molar-refractivity contribution is 7.18. The third-order valence-electron chi connectivity index (χ3n) is 5.39. The fourth-order valence-corrected chi connectivity index (χ4v) is 4.82. The number of thiazole rings is 1. The maximum atomic E-state index is 9.58. The van der Waals surface area contributed by atoms with Gasteiger partial charge in [-0.2, -0.15) is 5.26 Å². The number of nitrogens with zero attached hydrogens (tertiary/aromatic N) is 2. The van der Waals surface area contributed by atoms with E-state index < -0.39 is 0 Å². The van der Waals surface area contributed by atoms with Gasteiger partial charge in [0.15, 0.2) is 0 Å². The molecular weight excluding hydrogens is 348 g/mol. The van der Waals surface area contributed by atoms with E-state index in [2.05, 4.69) is 55.2 Å². The van der Waals surface area contributed by atoms with Crippen LogP contribution in [0, 0.1) is 17.2 Å². The van der Waals surface area contributed by atoms with Gasteiger partial charge in [0.1, 0.15) is 5.01 Å². The Morgan fingerprint density at radius 1 is 1.19 bits per heavy atom. The Labute approximate surface area is 165 Å². The number of hydrogen-bond acceptors (Lipinski definition) is 3. The van der Waals surface area contributed by atoms with Gasteiger partial charge in [-0.1, -0.05) is 44.2 Å². The zero-order valence-electron chi connectivity index (χ0n) is 16.0. The Morgan fingerprint density at radius 3 is 2.89 bits per heavy atom. The Kier molecular flexibility index (Phi) is 5.09. The van der Waals surface area contributed by atoms with Crippen molar-refractivity contribution in [2.24, 2.45) is 5.92 Å². The largest absolute Gasteiger partial charge is 0.244 e. The topological polar surface area (TPSA) is 36.7 Å². The lowest BCUT2D eigenvalue weighted by molar-refractivity contribution is 0.586. The molecular formula is C24H24N2S. The SMILES string of the molecule is CC(C)CCc1ccc(-c2ncc(-c3cccc4c3CCC4)s2)cc1C#N. The monoisotopic (exact) mass is 372 g/mol. The number of benzene rings is 2. The summed E-state index contributed by atoms with van der Waals surface area (Å²) in [6.07, 6.45) is 7.67. The molecule has 1 aliphatic rings. The van der Waals surface area contributed by atoms with Crippen molar-refractivity contribution in [2.75, 3.05) is 0 Å². The van der Waals surface area contributed by atoms with Crippen LogP contribution in [0.5, 0.6) is 0 Å². The summed E-state index contributed by atoms with van der Waals surface area (Å²) in [6.45, 7) is 4.44. The smallest absolute Gasteiger partial charge is 0.123 e. The molecule has 2 nitrogen and oxygen atoms in total. The summed E-state index contributed by atoms with van der Waals surface area (Å²) in [5.74, 6) is 0.644. The molecule has 27 heavy (non-hydrogen) atoms. The van der Waals surface area contributed by atoms with E-state index in [4.69, 9.17) is 0 Å². The van der Waals surface area contributed by atoms with Gasteiger partial charge in [-0.05, 0) is 66.3 Å². The van der Waals surface area contributed by atoms with Crippen molar-refractivity contribution >= 4 is 11.3 Å². The minimum atomic E-state index is 0.644. The van der Waals surface area contributed by atoms with Gasteiger partial charge in [0.25, 0.3) is 0 Å². The van der Waals surface area contributed by atoms with Crippen LogP contribution in [0.4, 0.5) is 0 Å². The molecule has 0 saturated carbocycles. The van der Waals surface area contributed by atoms with E-state index >= 15 is 0 Å². The van der Waals surface area contributed by atoms with E-state index in [0.717, 1.165) is 34.5 Å². The molecule has 1 aliphatic carbocycles. The van der Waals surface area contributed by atoms with Crippen molar-refractivity contribution in [2.45, 2.75) is 46.0 Å². The molecule has 0 fully saturated rings. The van der Waals surface area contributed by atoms with Crippen molar-refractivity contribution in [1.82, 2.24) is 4.98 Å². The first-order valence-electron chi connectivity index (χ1n) is 9.76. The van der Waals surface area contributed by atoms with Gasteiger partial charge in [-0.3, -0.25) is 0 Å². The van der Waals surface area contributed by atoms with Crippen LogP contribution in [-0.4, -0.2) is 4.98 Å². The van der Waals surface area contributed by atoms with Gasteiger partial charge >= 0.3 is 0 Å². The fraction of sp³-hybridized carbons (Fsp3) is 0.333. The average molecular weight is 373 g/mol. The van der Waals surface area contributed by atoms with Crippen LogP contribution in [-0.2, 0) is 19.3 Å². The van der Waals surface area contributed by atoms with Gasteiger partial charge in [-0.25, -0.2) is 4.98 Å². The lowest BCUT2D eigenvalue weighted by atomic mass is 9.97. The van der Waals surface area contributed by atoms with Crippen molar-refractivity contribution in [3.05, 3.63) is 64.8 Å². The fourth-order valence-electron chi connectivity index (χ4n) is 3.86. The summed E-state index contributed by atoms with van der Waals surface area (Å²) in [5, 5.41) is 10.6. The summed E-state index contributed by atoms with van der Waals surface area (Å²) < 4.78 is 0.